The molecule has 1 N–H and O–H groups in total. The smallest absolute Gasteiger partial charge is 0.691 e. The topological polar surface area (TPSA) is 199 Å². The Morgan fingerprint density at radius 3 is 2.27 bits per heavy atom. The fourth-order valence-electron chi connectivity index (χ4n) is 7.95. The maximum absolute atomic E-state index is 12.4. The predicted octanol–water partition coefficient (Wildman–Crippen LogP) is -4.99. The van der Waals surface area contributed by atoms with Crippen LogP contribution in [0.1, 0.15) is 77.3 Å². The number of para-hydroxylation sites is 1. The third kappa shape index (κ3) is 15.1. The van der Waals surface area contributed by atoms with Gasteiger partial charge in [0.1, 0.15) is 6.54 Å². The second-order valence-corrected chi connectivity index (χ2v) is 16.9. The summed E-state index contributed by atoms with van der Waals surface area (Å²) in [6.45, 7) is 10.1. The molecule has 2 heterocycles. The number of fused-ring (bicyclic) bond motifs is 4. The summed E-state index contributed by atoms with van der Waals surface area (Å²) in [5, 5.41) is 54.0. The van der Waals surface area contributed by atoms with Crippen LogP contribution >= 0.6 is 24.1 Å². The van der Waals surface area contributed by atoms with Crippen molar-refractivity contribution in [2.45, 2.75) is 88.0 Å². The van der Waals surface area contributed by atoms with E-state index in [2.05, 4.69) is 97.6 Å². The minimum absolute atomic E-state index is 0. The Bertz CT molecular complexity index is 2200. The van der Waals surface area contributed by atoms with E-state index in [0.29, 0.717) is 25.1 Å². The maximum atomic E-state index is 12.4. The zero-order chi connectivity index (χ0) is 43.3. The van der Waals surface area contributed by atoms with Gasteiger partial charge in [-0.1, -0.05) is 68.5 Å². The van der Waals surface area contributed by atoms with Gasteiger partial charge >= 0.3 is 88.7 Å². The second-order valence-electron chi connectivity index (χ2n) is 15.3. The minimum atomic E-state index is -1.67. The number of amides is 1. The van der Waals surface area contributed by atoms with E-state index in [1.807, 2.05) is 60.7 Å². The first-order valence-electron chi connectivity index (χ1n) is 19.5. The molecule has 2 aliphatic rings. The maximum Gasteiger partial charge on any atom is 1.00 e. The van der Waals surface area contributed by atoms with Gasteiger partial charge < -0.3 is 40.5 Å². The molecule has 1 unspecified atom stereocenters. The van der Waals surface area contributed by atoms with Crippen LogP contribution in [0.25, 0.3) is 10.8 Å². The van der Waals surface area contributed by atoms with Crippen molar-refractivity contribution in [1.29, 1.82) is 0 Å². The molecule has 0 spiro atoms. The molecule has 14 nitrogen and oxygen atoms in total. The molecule has 0 fully saturated rings. The summed E-state index contributed by atoms with van der Waals surface area (Å²) in [6, 6.07) is 16.6. The summed E-state index contributed by atoms with van der Waals surface area (Å²) in [5.74, 6) is -3.20. The van der Waals surface area contributed by atoms with E-state index in [-0.39, 0.29) is 106 Å². The molecule has 320 valence electrons. The molecule has 63 heavy (non-hydrogen) atoms. The molecule has 0 bridgehead atoms. The van der Waals surface area contributed by atoms with Crippen LogP contribution in [0.5, 0.6) is 0 Å². The zero-order valence-corrected chi connectivity index (χ0v) is 44.5. The Morgan fingerprint density at radius 1 is 0.841 bits per heavy atom. The number of hydrogen-bond acceptors (Lipinski definition) is 14. The first kappa shape index (κ1) is 57.3. The van der Waals surface area contributed by atoms with Gasteiger partial charge in [-0.3, -0.25) is 14.9 Å². The normalized spacial score (nSPS) is 16.0. The number of nitrogens with one attached hydrogen (secondary N) is 1. The molecule has 3 aromatic rings. The summed E-state index contributed by atoms with van der Waals surface area (Å²) in [6.07, 6.45) is 16.1. The van der Waals surface area contributed by atoms with E-state index in [4.69, 9.17) is 0 Å². The van der Waals surface area contributed by atoms with Gasteiger partial charge in [0, 0.05) is 89.0 Å². The Morgan fingerprint density at radius 2 is 1.56 bits per heavy atom. The molecule has 19 heteroatoms. The Labute approximate surface area is 443 Å². The Hall–Kier alpha value is -1.78. The number of anilines is 1. The summed E-state index contributed by atoms with van der Waals surface area (Å²) >= 11 is 1.84. The van der Waals surface area contributed by atoms with Crippen LogP contribution in [-0.4, -0.2) is 53.0 Å². The molecule has 1 atom stereocenters. The molecule has 2 aliphatic heterocycles. The standard InChI is InChI=1S/C44H51N3O11S2.3Na/c1-43(2)33-16-10-11-17-35(33)46(25-13-12-20-39(48)45-34(42(51)52)29-40(49)50)37(43)18-8-6-5-7-9-19-38-44(3,4)41-32-23-22-31(60-58-56-54)28-30(32)21-24-36(41)47(38)26-14-15-27-59-57-55-53;;;/h5-11,16-19,21-24,28,34H,12-15,20,25-27,29H2,1-4H3,(H4-,45,48,49,50,51,52,53,54);;;/q;3*+1/p-3. The Kier molecular flexibility index (Phi) is 25.3. The number of benzene rings is 3. The summed E-state index contributed by atoms with van der Waals surface area (Å²) in [7, 11) is 0. The van der Waals surface area contributed by atoms with Gasteiger partial charge in [-0.15, -0.1) is 0 Å². The molecule has 0 saturated heterocycles. The van der Waals surface area contributed by atoms with Crippen LogP contribution < -0.4 is 120 Å². The van der Waals surface area contributed by atoms with Gasteiger partial charge in [-0.2, -0.15) is 13.2 Å². The molecular formula is C44H48N3Na3O11S2. The zero-order valence-electron chi connectivity index (χ0n) is 36.9. The van der Waals surface area contributed by atoms with E-state index in [0.717, 1.165) is 81.9 Å². The van der Waals surface area contributed by atoms with Crippen molar-refractivity contribution < 1.29 is 147 Å². The molecule has 0 aliphatic carbocycles. The van der Waals surface area contributed by atoms with Crippen molar-refractivity contribution in [3.8, 4) is 0 Å². The molecule has 1 amide bonds. The number of carboxylic acids is 2. The minimum Gasteiger partial charge on any atom is -0.691 e. The van der Waals surface area contributed by atoms with Crippen LogP contribution in [0.15, 0.2) is 108 Å². The number of aliphatic carboxylic acids is 2. The van der Waals surface area contributed by atoms with Crippen LogP contribution in [0.4, 0.5) is 11.4 Å². The summed E-state index contributed by atoms with van der Waals surface area (Å²) < 4.78 is 11.3. The quantitative estimate of drug-likeness (QED) is 0.0181. The van der Waals surface area contributed by atoms with E-state index < -0.39 is 30.3 Å². The summed E-state index contributed by atoms with van der Waals surface area (Å²) in [4.78, 5) is 37.5. The number of nitrogens with zero attached hydrogens (tertiary/aromatic N) is 2. The van der Waals surface area contributed by atoms with E-state index in [1.54, 1.807) is 0 Å². The fourth-order valence-corrected chi connectivity index (χ4v) is 8.79. The predicted molar refractivity (Wildman–Crippen MR) is 221 cm³/mol. The van der Waals surface area contributed by atoms with Gasteiger partial charge in [-0.25, -0.2) is 0 Å². The van der Waals surface area contributed by atoms with Crippen molar-refractivity contribution in [3.05, 3.63) is 114 Å². The van der Waals surface area contributed by atoms with Crippen molar-refractivity contribution in [2.24, 2.45) is 0 Å². The number of unbranched alkanes of at least 4 members (excludes halogenated alkanes) is 2. The van der Waals surface area contributed by atoms with Gasteiger partial charge in [0.2, 0.25) is 11.6 Å². The summed E-state index contributed by atoms with van der Waals surface area (Å²) in [5.41, 5.74) is 6.13. The number of hydrogen-bond donors (Lipinski definition) is 1. The van der Waals surface area contributed by atoms with Crippen LogP contribution in [0, 0.1) is 0 Å². The second kappa shape index (κ2) is 27.8. The molecule has 0 aromatic heterocycles. The van der Waals surface area contributed by atoms with Gasteiger partial charge in [-0.05, 0) is 79.8 Å². The average Bonchev–Trinajstić information content (AvgIpc) is 3.57. The number of rotatable bonds is 23. The number of carboxylic acid groups (broad SMARTS) is 2. The van der Waals surface area contributed by atoms with Crippen molar-refractivity contribution in [3.63, 3.8) is 0 Å². The van der Waals surface area contributed by atoms with Gasteiger partial charge in [0.15, 0.2) is 5.71 Å². The number of carbonyl (C=O) groups excluding carboxylic acids is 3. The molecule has 0 radical (unpaired) electrons. The van der Waals surface area contributed by atoms with Crippen LogP contribution in [0.3, 0.4) is 0 Å². The van der Waals surface area contributed by atoms with Crippen molar-refractivity contribution in [2.75, 3.05) is 23.7 Å². The molecule has 0 saturated carbocycles. The van der Waals surface area contributed by atoms with E-state index in [1.165, 1.54) is 11.1 Å². The third-order valence-corrected chi connectivity index (χ3v) is 11.9. The third-order valence-electron chi connectivity index (χ3n) is 10.7. The number of allylic oxidation sites excluding steroid dienone is 8. The molecule has 5 rings (SSSR count). The Balaban J connectivity index is 0.00000455. The van der Waals surface area contributed by atoms with E-state index in [9.17, 15) is 35.1 Å². The number of carbonyl (C=O) groups is 3. The van der Waals surface area contributed by atoms with Crippen LogP contribution in [-0.2, 0) is 44.0 Å². The van der Waals surface area contributed by atoms with Gasteiger partial charge in [0.05, 0.1) is 29.5 Å². The average molecular weight is 928 g/mol. The van der Waals surface area contributed by atoms with Crippen molar-refractivity contribution in [1.82, 2.24) is 5.32 Å². The van der Waals surface area contributed by atoms with Crippen molar-refractivity contribution >= 4 is 69.8 Å². The SMILES string of the molecule is CC1(C)C(/C=C/C=C/C=C/C=C2/N(CCCCC(=O)NC(CC(=O)[O-])C(=O)[O-])c3ccccc3C2(C)C)=[N+](CCCCSOO[O-])c2ccc3cc(SOO[O-])ccc3c21.[Na+].[Na+].[Na+]. The largest absolute Gasteiger partial charge is 1.00 e. The first-order chi connectivity index (χ1) is 28.8. The van der Waals surface area contributed by atoms with E-state index >= 15 is 0 Å². The molecule has 3 aromatic carbocycles. The first-order valence-corrected chi connectivity index (χ1v) is 21.2. The monoisotopic (exact) mass is 927 g/mol. The van der Waals surface area contributed by atoms with Gasteiger partial charge in [0.25, 0.3) is 0 Å². The fraction of sp³-hybridized carbons (Fsp3) is 0.364. The molecular weight excluding hydrogens is 880 g/mol. The van der Waals surface area contributed by atoms with Crippen LogP contribution in [0.2, 0.25) is 0 Å².